The molecule has 0 spiro atoms. The van der Waals surface area contributed by atoms with Crippen LogP contribution < -0.4 is 16.4 Å². The SMILES string of the molecule is CC(C)NC(=O)CCNC(=O)c1cccc(N)c1Cl. The van der Waals surface area contributed by atoms with E-state index in [1.807, 2.05) is 13.8 Å². The molecule has 0 atom stereocenters. The van der Waals surface area contributed by atoms with Gasteiger partial charge in [-0.1, -0.05) is 17.7 Å². The zero-order chi connectivity index (χ0) is 14.4. The summed E-state index contributed by atoms with van der Waals surface area (Å²) < 4.78 is 0. The summed E-state index contributed by atoms with van der Waals surface area (Å²) in [5, 5.41) is 5.60. The highest BCUT2D eigenvalue weighted by atomic mass is 35.5. The third-order valence-electron chi connectivity index (χ3n) is 2.36. The van der Waals surface area contributed by atoms with Gasteiger partial charge in [-0.25, -0.2) is 0 Å². The molecule has 1 aromatic carbocycles. The number of carbonyl (C=O) groups is 2. The molecule has 0 radical (unpaired) electrons. The summed E-state index contributed by atoms with van der Waals surface area (Å²) in [5.74, 6) is -0.441. The molecule has 4 N–H and O–H groups in total. The van der Waals surface area contributed by atoms with Gasteiger partial charge in [0.05, 0.1) is 16.3 Å². The summed E-state index contributed by atoms with van der Waals surface area (Å²) in [4.78, 5) is 23.2. The molecule has 0 unspecified atom stereocenters. The largest absolute Gasteiger partial charge is 0.398 e. The Balaban J connectivity index is 2.48. The molecule has 1 aromatic rings. The van der Waals surface area contributed by atoms with E-state index in [4.69, 9.17) is 17.3 Å². The van der Waals surface area contributed by atoms with Crippen molar-refractivity contribution in [1.29, 1.82) is 0 Å². The van der Waals surface area contributed by atoms with Crippen LogP contribution in [0.3, 0.4) is 0 Å². The normalized spacial score (nSPS) is 10.3. The number of amides is 2. The highest BCUT2D eigenvalue weighted by Crippen LogP contribution is 2.22. The Labute approximate surface area is 117 Å². The number of nitrogens with one attached hydrogen (secondary N) is 2. The maximum Gasteiger partial charge on any atom is 0.252 e. The zero-order valence-electron chi connectivity index (χ0n) is 11.0. The molecule has 19 heavy (non-hydrogen) atoms. The lowest BCUT2D eigenvalue weighted by Gasteiger charge is -2.10. The minimum absolute atomic E-state index is 0.0894. The summed E-state index contributed by atoms with van der Waals surface area (Å²) in [6, 6.07) is 4.95. The number of rotatable bonds is 5. The van der Waals surface area contributed by atoms with Crippen molar-refractivity contribution in [3.05, 3.63) is 28.8 Å². The Kier molecular flexibility index (Phi) is 5.63. The number of nitrogens with two attached hydrogens (primary N) is 1. The summed E-state index contributed by atoms with van der Waals surface area (Å²) in [6.07, 6.45) is 0.226. The molecule has 104 valence electrons. The summed E-state index contributed by atoms with van der Waals surface area (Å²) in [7, 11) is 0. The molecule has 1 rings (SSSR count). The molecular weight excluding hydrogens is 266 g/mol. The lowest BCUT2D eigenvalue weighted by atomic mass is 10.2. The molecular formula is C13H18ClN3O2. The van der Waals surface area contributed by atoms with Crippen molar-refractivity contribution in [2.24, 2.45) is 0 Å². The van der Waals surface area contributed by atoms with E-state index in [9.17, 15) is 9.59 Å². The third kappa shape index (κ3) is 4.79. The number of nitrogen functional groups attached to an aromatic ring is 1. The Hall–Kier alpha value is -1.75. The predicted octanol–water partition coefficient (Wildman–Crippen LogP) is 1.57. The number of carbonyl (C=O) groups excluding carboxylic acids is 2. The fourth-order valence-electron chi connectivity index (χ4n) is 1.50. The molecule has 5 nitrogen and oxygen atoms in total. The van der Waals surface area contributed by atoms with Crippen molar-refractivity contribution in [1.82, 2.24) is 10.6 Å². The first-order chi connectivity index (χ1) is 8.91. The summed E-state index contributed by atoms with van der Waals surface area (Å²) in [6.45, 7) is 4.01. The van der Waals surface area contributed by atoms with Crippen molar-refractivity contribution in [3.63, 3.8) is 0 Å². The third-order valence-corrected chi connectivity index (χ3v) is 2.78. The highest BCUT2D eigenvalue weighted by molar-refractivity contribution is 6.36. The molecule has 0 aliphatic rings. The van der Waals surface area contributed by atoms with Crippen LogP contribution in [0, 0.1) is 0 Å². The van der Waals surface area contributed by atoms with Crippen LogP contribution in [0.4, 0.5) is 5.69 Å². The van der Waals surface area contributed by atoms with Gasteiger partial charge in [0, 0.05) is 19.0 Å². The Bertz CT molecular complexity index is 475. The Morgan fingerprint density at radius 3 is 2.68 bits per heavy atom. The number of hydrogen-bond donors (Lipinski definition) is 3. The van der Waals surface area contributed by atoms with Crippen molar-refractivity contribution in [2.75, 3.05) is 12.3 Å². The maximum absolute atomic E-state index is 11.8. The first-order valence-corrected chi connectivity index (χ1v) is 6.41. The second-order valence-electron chi connectivity index (χ2n) is 4.44. The van der Waals surface area contributed by atoms with Crippen molar-refractivity contribution in [3.8, 4) is 0 Å². The minimum atomic E-state index is -0.338. The average molecular weight is 284 g/mol. The van der Waals surface area contributed by atoms with E-state index in [0.29, 0.717) is 11.3 Å². The standard InChI is InChI=1S/C13H18ClN3O2/c1-8(2)17-11(18)6-7-16-13(19)9-4-3-5-10(15)12(9)14/h3-5,8H,6-7,15H2,1-2H3,(H,16,19)(H,17,18). The van der Waals surface area contributed by atoms with Crippen molar-refractivity contribution in [2.45, 2.75) is 26.3 Å². The monoisotopic (exact) mass is 283 g/mol. The molecule has 0 aliphatic carbocycles. The van der Waals surface area contributed by atoms with Crippen LogP contribution in [0.5, 0.6) is 0 Å². The molecule has 0 aromatic heterocycles. The second kappa shape index (κ2) is 6.99. The van der Waals surface area contributed by atoms with Gasteiger partial charge in [0.25, 0.3) is 5.91 Å². The van der Waals surface area contributed by atoms with E-state index in [1.54, 1.807) is 18.2 Å². The van der Waals surface area contributed by atoms with Crippen LogP contribution in [0.2, 0.25) is 5.02 Å². The second-order valence-corrected chi connectivity index (χ2v) is 4.81. The molecule has 2 amide bonds. The minimum Gasteiger partial charge on any atom is -0.398 e. The van der Waals surface area contributed by atoms with Gasteiger partial charge in [0.1, 0.15) is 0 Å². The van der Waals surface area contributed by atoms with E-state index >= 15 is 0 Å². The quantitative estimate of drug-likeness (QED) is 0.717. The number of halogens is 1. The van der Waals surface area contributed by atoms with Gasteiger partial charge >= 0.3 is 0 Å². The maximum atomic E-state index is 11.8. The van der Waals surface area contributed by atoms with Crippen molar-refractivity contribution < 1.29 is 9.59 Å². The number of anilines is 1. The van der Waals surface area contributed by atoms with Crippen molar-refractivity contribution >= 4 is 29.1 Å². The zero-order valence-corrected chi connectivity index (χ0v) is 11.8. The summed E-state index contributed by atoms with van der Waals surface area (Å²) >= 11 is 5.93. The van der Waals surface area contributed by atoms with Crippen LogP contribution in [0.15, 0.2) is 18.2 Å². The Morgan fingerprint density at radius 2 is 2.05 bits per heavy atom. The van der Waals surface area contributed by atoms with Gasteiger partial charge in [0.2, 0.25) is 5.91 Å². The van der Waals surface area contributed by atoms with Crippen LogP contribution in [-0.4, -0.2) is 24.4 Å². The van der Waals surface area contributed by atoms with Gasteiger partial charge in [-0.2, -0.15) is 0 Å². The van der Waals surface area contributed by atoms with Gasteiger partial charge in [0.15, 0.2) is 0 Å². The van der Waals surface area contributed by atoms with E-state index in [0.717, 1.165) is 0 Å². The van der Waals surface area contributed by atoms with Gasteiger partial charge < -0.3 is 16.4 Å². The van der Waals surface area contributed by atoms with Gasteiger partial charge in [-0.3, -0.25) is 9.59 Å². The summed E-state index contributed by atoms with van der Waals surface area (Å²) in [5.41, 5.74) is 6.28. The van der Waals surface area contributed by atoms with Gasteiger partial charge in [-0.15, -0.1) is 0 Å². The lowest BCUT2D eigenvalue weighted by molar-refractivity contribution is -0.121. The first-order valence-electron chi connectivity index (χ1n) is 6.03. The van der Waals surface area contributed by atoms with Gasteiger partial charge in [-0.05, 0) is 26.0 Å². The number of hydrogen-bond acceptors (Lipinski definition) is 3. The van der Waals surface area contributed by atoms with Crippen LogP contribution in [0.25, 0.3) is 0 Å². The Morgan fingerprint density at radius 1 is 1.37 bits per heavy atom. The smallest absolute Gasteiger partial charge is 0.252 e. The van der Waals surface area contributed by atoms with Crippen LogP contribution in [0.1, 0.15) is 30.6 Å². The molecule has 0 bridgehead atoms. The molecule has 6 heteroatoms. The van der Waals surface area contributed by atoms with Crippen LogP contribution >= 0.6 is 11.6 Å². The van der Waals surface area contributed by atoms with E-state index < -0.39 is 0 Å². The lowest BCUT2D eigenvalue weighted by Crippen LogP contribution is -2.34. The fraction of sp³-hybridized carbons (Fsp3) is 0.385. The van der Waals surface area contributed by atoms with E-state index in [-0.39, 0.29) is 35.8 Å². The van der Waals surface area contributed by atoms with E-state index in [2.05, 4.69) is 10.6 Å². The molecule has 0 fully saturated rings. The molecule has 0 aliphatic heterocycles. The molecule has 0 heterocycles. The first kappa shape index (κ1) is 15.3. The fourth-order valence-corrected chi connectivity index (χ4v) is 1.72. The van der Waals surface area contributed by atoms with E-state index in [1.165, 1.54) is 0 Å². The molecule has 0 saturated carbocycles. The highest BCUT2D eigenvalue weighted by Gasteiger charge is 2.12. The average Bonchev–Trinajstić information content (AvgIpc) is 2.31. The van der Waals surface area contributed by atoms with Crippen LogP contribution in [-0.2, 0) is 4.79 Å². The predicted molar refractivity (Wildman–Crippen MR) is 76.1 cm³/mol. The topological polar surface area (TPSA) is 84.2 Å². The number of benzene rings is 1. The molecule has 0 saturated heterocycles.